The van der Waals surface area contributed by atoms with Crippen LogP contribution in [0, 0.1) is 0 Å². The molecule has 0 saturated carbocycles. The van der Waals surface area contributed by atoms with Gasteiger partial charge in [0.05, 0.1) is 0 Å². The molecule has 0 N–H and O–H groups in total. The predicted octanol–water partition coefficient (Wildman–Crippen LogP) is -3.06. The van der Waals surface area contributed by atoms with E-state index in [9.17, 15) is 0 Å². The van der Waals surface area contributed by atoms with Gasteiger partial charge in [-0.3, -0.25) is 16.8 Å². The molecule has 0 spiro atoms. The summed E-state index contributed by atoms with van der Waals surface area (Å²) >= 11 is 0. The molecule has 0 atom stereocenters. The van der Waals surface area contributed by atoms with Crippen LogP contribution in [0.2, 0.25) is 0 Å². The SMILES string of the molecule is O=S(=O)([O-])[O-].O=S(=O)([O-])[O-].[Sn+4]. The first-order valence-corrected chi connectivity index (χ1v) is 4.00. The predicted molar refractivity (Wildman–Crippen MR) is 26.7 cm³/mol. The van der Waals surface area contributed by atoms with E-state index < -0.39 is 20.8 Å². The summed E-state index contributed by atoms with van der Waals surface area (Å²) in [5.74, 6) is 0. The van der Waals surface area contributed by atoms with Crippen LogP contribution in [0.3, 0.4) is 0 Å². The van der Waals surface area contributed by atoms with Gasteiger partial charge in [0.2, 0.25) is 0 Å². The Labute approximate surface area is 79.7 Å². The zero-order valence-corrected chi connectivity index (χ0v) is 9.07. The van der Waals surface area contributed by atoms with Gasteiger partial charge in [-0.2, -0.15) is 0 Å². The molecule has 0 aromatic carbocycles. The molecule has 0 amide bonds. The zero-order chi connectivity index (χ0) is 9.00. The van der Waals surface area contributed by atoms with Gasteiger partial charge in [-0.05, 0) is 0 Å². The first-order chi connectivity index (χ1) is 4.00. The standard InChI is InChI=1S/2H2O4S.Sn/c2*1-5(2,3)4;/h2*(H2,1,2,3,4);/q;;+4/p-4. The third-order valence-corrected chi connectivity index (χ3v) is 0. The number of hydrogen-bond donors (Lipinski definition) is 0. The Morgan fingerprint density at radius 3 is 0.636 bits per heavy atom. The minimum atomic E-state index is -5.17. The van der Waals surface area contributed by atoms with Gasteiger partial charge in [0, 0.05) is 20.8 Å². The fraction of sp³-hybridized carbons (Fsp3) is 0. The molecule has 0 aromatic rings. The fourth-order valence-electron chi connectivity index (χ4n) is 0. The number of rotatable bonds is 0. The van der Waals surface area contributed by atoms with Crippen molar-refractivity contribution in [3.8, 4) is 0 Å². The minimum Gasteiger partial charge on any atom is -0.759 e. The van der Waals surface area contributed by atoms with E-state index in [0.29, 0.717) is 0 Å². The largest absolute Gasteiger partial charge is 4.00 e. The van der Waals surface area contributed by atoms with Gasteiger partial charge in [0.15, 0.2) is 0 Å². The Bertz CT molecular complexity index is 208. The molecule has 0 heterocycles. The quantitative estimate of drug-likeness (QED) is 0.259. The molecule has 0 rings (SSSR count). The Balaban J connectivity index is -0.000000107. The van der Waals surface area contributed by atoms with Crippen LogP contribution >= 0.6 is 0 Å². The van der Waals surface area contributed by atoms with E-state index in [2.05, 4.69) is 0 Å². The molecule has 11 heteroatoms. The molecular weight excluding hydrogens is 311 g/mol. The van der Waals surface area contributed by atoms with E-state index >= 15 is 0 Å². The van der Waals surface area contributed by atoms with Gasteiger partial charge >= 0.3 is 23.9 Å². The van der Waals surface area contributed by atoms with Crippen molar-refractivity contribution in [3.05, 3.63) is 0 Å². The molecule has 0 aliphatic heterocycles. The van der Waals surface area contributed by atoms with Gasteiger partial charge in [0.25, 0.3) is 0 Å². The summed E-state index contributed by atoms with van der Waals surface area (Å²) < 4.78 is 68.2. The van der Waals surface area contributed by atoms with Gasteiger partial charge in [-0.25, -0.2) is 0 Å². The Morgan fingerprint density at radius 1 is 0.636 bits per heavy atom. The average Bonchev–Trinajstić information content (AvgIpc) is 1.12. The van der Waals surface area contributed by atoms with E-state index in [1.807, 2.05) is 0 Å². The first-order valence-electron chi connectivity index (χ1n) is 1.33. The van der Waals surface area contributed by atoms with Gasteiger partial charge in [0.1, 0.15) is 0 Å². The Morgan fingerprint density at radius 2 is 0.636 bits per heavy atom. The van der Waals surface area contributed by atoms with Crippen LogP contribution in [0.4, 0.5) is 0 Å². The second kappa shape index (κ2) is 6.10. The third-order valence-electron chi connectivity index (χ3n) is 0. The summed E-state index contributed by atoms with van der Waals surface area (Å²) in [5, 5.41) is 0. The minimum absolute atomic E-state index is 0. The second-order valence-electron chi connectivity index (χ2n) is 0.816. The molecule has 0 radical (unpaired) electrons. The van der Waals surface area contributed by atoms with E-state index in [4.69, 9.17) is 35.0 Å². The smallest absolute Gasteiger partial charge is 0.759 e. The molecule has 0 aliphatic carbocycles. The Hall–Kier alpha value is 0.539. The average molecular weight is 311 g/mol. The van der Waals surface area contributed by atoms with Crippen LogP contribution in [0.15, 0.2) is 0 Å². The second-order valence-corrected chi connectivity index (χ2v) is 2.45. The first kappa shape index (κ1) is 17.6. The molecule has 8 nitrogen and oxygen atoms in total. The summed E-state index contributed by atoms with van der Waals surface area (Å²) in [4.78, 5) is 0. The van der Waals surface area contributed by atoms with Gasteiger partial charge < -0.3 is 18.2 Å². The molecular formula is O8S2Sn. The number of hydrogen-bond acceptors (Lipinski definition) is 8. The molecule has 0 saturated heterocycles. The van der Waals surface area contributed by atoms with Crippen LogP contribution in [0.25, 0.3) is 0 Å². The van der Waals surface area contributed by atoms with E-state index in [-0.39, 0.29) is 23.9 Å². The van der Waals surface area contributed by atoms with Crippen molar-refractivity contribution < 1.29 is 35.0 Å². The summed E-state index contributed by atoms with van der Waals surface area (Å²) in [5.41, 5.74) is 0. The monoisotopic (exact) mass is 312 g/mol. The van der Waals surface area contributed by atoms with Crippen LogP contribution in [0.5, 0.6) is 0 Å². The van der Waals surface area contributed by atoms with Crippen molar-refractivity contribution >= 4 is 44.7 Å². The van der Waals surface area contributed by atoms with E-state index in [1.54, 1.807) is 0 Å². The third kappa shape index (κ3) is 2650. The molecule has 0 bridgehead atoms. The van der Waals surface area contributed by atoms with Crippen LogP contribution in [-0.4, -0.2) is 59.0 Å². The maximum absolute atomic E-state index is 8.52. The van der Waals surface area contributed by atoms with E-state index in [0.717, 1.165) is 0 Å². The molecule has 0 unspecified atom stereocenters. The normalized spacial score (nSPS) is 10.5. The topological polar surface area (TPSA) is 161 Å². The molecule has 11 heavy (non-hydrogen) atoms. The van der Waals surface area contributed by atoms with Crippen molar-refractivity contribution in [1.82, 2.24) is 0 Å². The van der Waals surface area contributed by atoms with Crippen molar-refractivity contribution in [2.75, 3.05) is 0 Å². The maximum atomic E-state index is 8.52. The summed E-state index contributed by atoms with van der Waals surface area (Å²) in [6, 6.07) is 0. The van der Waals surface area contributed by atoms with Crippen molar-refractivity contribution in [2.24, 2.45) is 0 Å². The molecule has 64 valence electrons. The van der Waals surface area contributed by atoms with Gasteiger partial charge in [-0.15, -0.1) is 0 Å². The van der Waals surface area contributed by atoms with E-state index in [1.165, 1.54) is 0 Å². The van der Waals surface area contributed by atoms with Crippen molar-refractivity contribution in [3.63, 3.8) is 0 Å². The summed E-state index contributed by atoms with van der Waals surface area (Å²) in [7, 11) is -10.3. The van der Waals surface area contributed by atoms with Crippen LogP contribution in [-0.2, 0) is 20.8 Å². The molecule has 0 aromatic heterocycles. The van der Waals surface area contributed by atoms with Gasteiger partial charge in [-0.1, -0.05) is 0 Å². The van der Waals surface area contributed by atoms with Crippen molar-refractivity contribution in [2.45, 2.75) is 0 Å². The zero-order valence-electron chi connectivity index (χ0n) is 4.58. The summed E-state index contributed by atoms with van der Waals surface area (Å²) in [6.07, 6.45) is 0. The van der Waals surface area contributed by atoms with Crippen LogP contribution < -0.4 is 0 Å². The van der Waals surface area contributed by atoms with Crippen molar-refractivity contribution in [1.29, 1.82) is 0 Å². The fourth-order valence-corrected chi connectivity index (χ4v) is 0. The molecule has 0 fully saturated rings. The van der Waals surface area contributed by atoms with Crippen LogP contribution in [0.1, 0.15) is 0 Å². The molecule has 0 aliphatic rings. The Kier molecular flexibility index (Phi) is 9.75. The summed E-state index contributed by atoms with van der Waals surface area (Å²) in [6.45, 7) is 0. The maximum Gasteiger partial charge on any atom is 4.00 e.